The van der Waals surface area contributed by atoms with Crippen molar-refractivity contribution in [2.24, 2.45) is 0 Å². The SMILES string of the molecule is CCOCCCn1c(C(C)Cl)nc2c(F)cccc21. The minimum absolute atomic E-state index is 0.251. The van der Waals surface area contributed by atoms with Crippen LogP contribution in [0.15, 0.2) is 18.2 Å². The minimum atomic E-state index is -0.306. The van der Waals surface area contributed by atoms with E-state index in [1.807, 2.05) is 24.5 Å². The summed E-state index contributed by atoms with van der Waals surface area (Å²) in [6, 6.07) is 4.98. The smallest absolute Gasteiger partial charge is 0.151 e. The van der Waals surface area contributed by atoms with Gasteiger partial charge in [-0.05, 0) is 32.4 Å². The number of rotatable bonds is 6. The van der Waals surface area contributed by atoms with Crippen molar-refractivity contribution >= 4 is 22.6 Å². The van der Waals surface area contributed by atoms with E-state index in [1.54, 1.807) is 6.07 Å². The molecule has 0 amide bonds. The predicted molar refractivity (Wildman–Crippen MR) is 75.1 cm³/mol. The van der Waals surface area contributed by atoms with E-state index in [2.05, 4.69) is 4.98 Å². The van der Waals surface area contributed by atoms with Gasteiger partial charge in [-0.2, -0.15) is 0 Å². The number of alkyl halides is 1. The summed E-state index contributed by atoms with van der Waals surface area (Å²) in [6.45, 7) is 5.93. The van der Waals surface area contributed by atoms with Gasteiger partial charge in [0.25, 0.3) is 0 Å². The molecule has 0 spiro atoms. The van der Waals surface area contributed by atoms with Crippen LogP contribution in [0.2, 0.25) is 0 Å². The van der Waals surface area contributed by atoms with Crippen LogP contribution in [0.1, 0.15) is 31.5 Å². The molecule has 0 N–H and O–H groups in total. The maximum atomic E-state index is 13.7. The molecule has 0 saturated heterocycles. The van der Waals surface area contributed by atoms with Gasteiger partial charge in [-0.15, -0.1) is 11.6 Å². The second-order valence-corrected chi connectivity index (χ2v) is 5.05. The van der Waals surface area contributed by atoms with Crippen molar-refractivity contribution in [1.29, 1.82) is 0 Å². The molecule has 5 heteroatoms. The van der Waals surface area contributed by atoms with Crippen molar-refractivity contribution in [2.45, 2.75) is 32.2 Å². The molecule has 0 radical (unpaired) electrons. The fraction of sp³-hybridized carbons (Fsp3) is 0.500. The summed E-state index contributed by atoms with van der Waals surface area (Å²) < 4.78 is 21.1. The quantitative estimate of drug-likeness (QED) is 0.594. The van der Waals surface area contributed by atoms with Crippen molar-refractivity contribution in [1.82, 2.24) is 9.55 Å². The highest BCUT2D eigenvalue weighted by Crippen LogP contribution is 2.26. The largest absolute Gasteiger partial charge is 0.382 e. The fourth-order valence-corrected chi connectivity index (χ4v) is 2.31. The first kappa shape index (κ1) is 14.3. The van der Waals surface area contributed by atoms with Crippen LogP contribution in [0.25, 0.3) is 11.0 Å². The molecule has 1 aromatic carbocycles. The Hall–Kier alpha value is -1.13. The van der Waals surface area contributed by atoms with Crippen molar-refractivity contribution < 1.29 is 9.13 Å². The predicted octanol–water partition coefficient (Wildman–Crippen LogP) is 3.90. The molecule has 0 aliphatic rings. The lowest BCUT2D eigenvalue weighted by Crippen LogP contribution is -2.07. The molecular formula is C14H18ClFN2O. The molecule has 0 bridgehead atoms. The average molecular weight is 285 g/mol. The van der Waals surface area contributed by atoms with Crippen LogP contribution in [-0.2, 0) is 11.3 Å². The van der Waals surface area contributed by atoms with Gasteiger partial charge in [0.2, 0.25) is 0 Å². The van der Waals surface area contributed by atoms with Crippen LogP contribution < -0.4 is 0 Å². The summed E-state index contributed by atoms with van der Waals surface area (Å²) in [5.74, 6) is 0.401. The lowest BCUT2D eigenvalue weighted by Gasteiger charge is -2.10. The molecule has 3 nitrogen and oxygen atoms in total. The van der Waals surface area contributed by atoms with Gasteiger partial charge in [0.1, 0.15) is 11.3 Å². The van der Waals surface area contributed by atoms with Crippen molar-refractivity contribution in [3.05, 3.63) is 29.8 Å². The Kier molecular flexibility index (Phi) is 4.77. The van der Waals surface area contributed by atoms with Crippen LogP contribution in [-0.4, -0.2) is 22.8 Å². The number of hydrogen-bond donors (Lipinski definition) is 0. The van der Waals surface area contributed by atoms with E-state index in [-0.39, 0.29) is 11.2 Å². The Morgan fingerprint density at radius 2 is 2.26 bits per heavy atom. The Morgan fingerprint density at radius 3 is 2.95 bits per heavy atom. The monoisotopic (exact) mass is 284 g/mol. The molecule has 104 valence electrons. The molecule has 0 fully saturated rings. The molecule has 1 atom stereocenters. The van der Waals surface area contributed by atoms with Gasteiger partial charge in [-0.3, -0.25) is 0 Å². The average Bonchev–Trinajstić information content (AvgIpc) is 2.75. The van der Waals surface area contributed by atoms with E-state index >= 15 is 0 Å². The molecular weight excluding hydrogens is 267 g/mol. The molecule has 19 heavy (non-hydrogen) atoms. The maximum Gasteiger partial charge on any atom is 0.151 e. The zero-order valence-corrected chi connectivity index (χ0v) is 12.0. The Morgan fingerprint density at radius 1 is 1.47 bits per heavy atom. The summed E-state index contributed by atoms with van der Waals surface area (Å²) in [5.41, 5.74) is 1.18. The highest BCUT2D eigenvalue weighted by atomic mass is 35.5. The number of fused-ring (bicyclic) bond motifs is 1. The van der Waals surface area contributed by atoms with Crippen LogP contribution in [0.5, 0.6) is 0 Å². The van der Waals surface area contributed by atoms with E-state index in [9.17, 15) is 4.39 Å². The zero-order valence-electron chi connectivity index (χ0n) is 11.2. The van der Waals surface area contributed by atoms with E-state index < -0.39 is 0 Å². The van der Waals surface area contributed by atoms with E-state index in [0.717, 1.165) is 18.5 Å². The number of aromatic nitrogens is 2. The van der Waals surface area contributed by atoms with Crippen LogP contribution in [0, 0.1) is 5.82 Å². The van der Waals surface area contributed by atoms with Crippen LogP contribution >= 0.6 is 11.6 Å². The van der Waals surface area contributed by atoms with Gasteiger partial charge in [0.05, 0.1) is 10.9 Å². The highest BCUT2D eigenvalue weighted by molar-refractivity contribution is 6.20. The number of para-hydroxylation sites is 1. The van der Waals surface area contributed by atoms with Gasteiger partial charge >= 0.3 is 0 Å². The van der Waals surface area contributed by atoms with E-state index in [1.165, 1.54) is 6.07 Å². The van der Waals surface area contributed by atoms with E-state index in [4.69, 9.17) is 16.3 Å². The van der Waals surface area contributed by atoms with Gasteiger partial charge < -0.3 is 9.30 Å². The topological polar surface area (TPSA) is 27.1 Å². The number of ether oxygens (including phenoxy) is 1. The third kappa shape index (κ3) is 3.07. The Bertz CT molecular complexity index is 554. The van der Waals surface area contributed by atoms with Crippen molar-refractivity contribution in [2.75, 3.05) is 13.2 Å². The minimum Gasteiger partial charge on any atom is -0.382 e. The lowest BCUT2D eigenvalue weighted by atomic mass is 10.3. The molecule has 1 aromatic heterocycles. The highest BCUT2D eigenvalue weighted by Gasteiger charge is 2.16. The fourth-order valence-electron chi connectivity index (χ4n) is 2.14. The first-order chi connectivity index (χ1) is 9.15. The number of aryl methyl sites for hydroxylation is 1. The molecule has 0 aliphatic carbocycles. The molecule has 2 rings (SSSR count). The zero-order chi connectivity index (χ0) is 13.8. The summed E-state index contributed by atoms with van der Waals surface area (Å²) in [5, 5.41) is -0.251. The van der Waals surface area contributed by atoms with Gasteiger partial charge in [0, 0.05) is 19.8 Å². The lowest BCUT2D eigenvalue weighted by molar-refractivity contribution is 0.141. The summed E-state index contributed by atoms with van der Waals surface area (Å²) in [7, 11) is 0. The first-order valence-electron chi connectivity index (χ1n) is 6.51. The van der Waals surface area contributed by atoms with Gasteiger partial charge in [-0.25, -0.2) is 9.37 Å². The van der Waals surface area contributed by atoms with Crippen molar-refractivity contribution in [3.63, 3.8) is 0 Å². The molecule has 0 aliphatic heterocycles. The van der Waals surface area contributed by atoms with E-state index in [0.29, 0.717) is 24.6 Å². The van der Waals surface area contributed by atoms with Crippen LogP contribution in [0.3, 0.4) is 0 Å². The van der Waals surface area contributed by atoms with Crippen molar-refractivity contribution in [3.8, 4) is 0 Å². The molecule has 0 saturated carbocycles. The number of benzene rings is 1. The number of imidazole rings is 1. The third-order valence-corrected chi connectivity index (χ3v) is 3.18. The third-order valence-electron chi connectivity index (χ3n) is 2.99. The molecule has 1 unspecified atom stereocenters. The number of halogens is 2. The van der Waals surface area contributed by atoms with Crippen LogP contribution in [0.4, 0.5) is 4.39 Å². The maximum absolute atomic E-state index is 13.7. The summed E-state index contributed by atoms with van der Waals surface area (Å²) in [4.78, 5) is 4.33. The number of hydrogen-bond acceptors (Lipinski definition) is 2. The Labute approximate surface area is 117 Å². The Balaban J connectivity index is 2.33. The second kappa shape index (κ2) is 6.35. The number of nitrogens with zero attached hydrogens (tertiary/aromatic N) is 2. The standard InChI is InChI=1S/C14H18ClFN2O/c1-3-19-9-5-8-18-12-7-4-6-11(16)13(12)17-14(18)10(2)15/h4,6-7,10H,3,5,8-9H2,1-2H3. The van der Waals surface area contributed by atoms with Gasteiger partial charge in [0.15, 0.2) is 5.82 Å². The summed E-state index contributed by atoms with van der Waals surface area (Å²) >= 11 is 6.14. The van der Waals surface area contributed by atoms with Gasteiger partial charge in [-0.1, -0.05) is 6.07 Å². The normalized spacial score (nSPS) is 13.1. The second-order valence-electron chi connectivity index (χ2n) is 4.40. The molecule has 1 heterocycles. The molecule has 2 aromatic rings. The summed E-state index contributed by atoms with van der Waals surface area (Å²) in [6.07, 6.45) is 0.854. The first-order valence-corrected chi connectivity index (χ1v) is 6.95.